The molecule has 0 aliphatic rings. The second-order valence-electron chi connectivity index (χ2n) is 4.14. The molecule has 0 saturated carbocycles. The van der Waals surface area contributed by atoms with Gasteiger partial charge in [-0.3, -0.25) is 9.59 Å². The molecule has 6 nitrogen and oxygen atoms in total. The molecule has 0 fully saturated rings. The van der Waals surface area contributed by atoms with E-state index in [1.54, 1.807) is 12.2 Å². The van der Waals surface area contributed by atoms with E-state index in [4.69, 9.17) is 0 Å². The number of aliphatic hydroxyl groups is 2. The molecule has 114 valence electrons. The van der Waals surface area contributed by atoms with Gasteiger partial charge in [0.2, 0.25) is 0 Å². The van der Waals surface area contributed by atoms with Gasteiger partial charge in [0.05, 0.1) is 0 Å². The van der Waals surface area contributed by atoms with Gasteiger partial charge in [0, 0.05) is 13.1 Å². The molecule has 0 aromatic carbocycles. The van der Waals surface area contributed by atoms with Crippen molar-refractivity contribution in [3.05, 3.63) is 24.3 Å². The van der Waals surface area contributed by atoms with Crippen LogP contribution in [0.15, 0.2) is 24.3 Å². The third kappa shape index (κ3) is 7.70. The van der Waals surface area contributed by atoms with Crippen molar-refractivity contribution in [1.29, 1.82) is 0 Å². The van der Waals surface area contributed by atoms with Gasteiger partial charge in [-0.2, -0.15) is 0 Å². The minimum Gasteiger partial charge on any atom is -0.380 e. The van der Waals surface area contributed by atoms with Crippen LogP contribution >= 0.6 is 0 Å². The Labute approximate surface area is 119 Å². The van der Waals surface area contributed by atoms with Crippen LogP contribution in [0.4, 0.5) is 0 Å². The topological polar surface area (TPSA) is 98.7 Å². The summed E-state index contributed by atoms with van der Waals surface area (Å²) >= 11 is 0. The summed E-state index contributed by atoms with van der Waals surface area (Å²) in [7, 11) is 0. The summed E-state index contributed by atoms with van der Waals surface area (Å²) in [5, 5.41) is 23.9. The molecule has 0 radical (unpaired) electrons. The van der Waals surface area contributed by atoms with Crippen LogP contribution < -0.4 is 10.6 Å². The van der Waals surface area contributed by atoms with Gasteiger partial charge in [-0.05, 0) is 12.8 Å². The second kappa shape index (κ2) is 11.2. The molecule has 0 heterocycles. The van der Waals surface area contributed by atoms with Gasteiger partial charge in [0.1, 0.15) is 0 Å². The monoisotopic (exact) mass is 284 g/mol. The molecule has 0 aromatic heterocycles. The molecule has 6 heteroatoms. The lowest BCUT2D eigenvalue weighted by atomic mass is 10.1. The zero-order chi connectivity index (χ0) is 15.4. The van der Waals surface area contributed by atoms with Crippen molar-refractivity contribution in [1.82, 2.24) is 10.6 Å². The minimum absolute atomic E-state index is 0.247. The molecule has 4 N–H and O–H groups in total. The van der Waals surface area contributed by atoms with Crippen LogP contribution in [0.3, 0.4) is 0 Å². The summed E-state index contributed by atoms with van der Waals surface area (Å²) in [5.74, 6) is -1.56. The summed E-state index contributed by atoms with van der Waals surface area (Å²) in [4.78, 5) is 23.0. The first kappa shape index (κ1) is 18.3. The van der Waals surface area contributed by atoms with E-state index >= 15 is 0 Å². The Morgan fingerprint density at radius 3 is 1.50 bits per heavy atom. The van der Waals surface area contributed by atoms with Crippen molar-refractivity contribution < 1.29 is 19.8 Å². The van der Waals surface area contributed by atoms with Gasteiger partial charge < -0.3 is 20.8 Å². The van der Waals surface area contributed by atoms with Crippen molar-refractivity contribution in [3.8, 4) is 0 Å². The van der Waals surface area contributed by atoms with Crippen molar-refractivity contribution >= 4 is 11.8 Å². The number of amides is 2. The zero-order valence-electron chi connectivity index (χ0n) is 12.0. The first-order chi connectivity index (χ1) is 9.54. The van der Waals surface area contributed by atoms with Gasteiger partial charge >= 0.3 is 0 Å². The highest BCUT2D eigenvalue weighted by molar-refractivity contribution is 5.90. The van der Waals surface area contributed by atoms with Crippen molar-refractivity contribution in [2.24, 2.45) is 0 Å². The lowest BCUT2D eigenvalue weighted by molar-refractivity contribution is -0.145. The molecule has 0 aliphatic heterocycles. The number of rotatable bonds is 9. The van der Waals surface area contributed by atoms with E-state index in [1.165, 1.54) is 0 Å². The van der Waals surface area contributed by atoms with E-state index < -0.39 is 24.0 Å². The Morgan fingerprint density at radius 1 is 0.850 bits per heavy atom. The summed E-state index contributed by atoms with van der Waals surface area (Å²) in [5.41, 5.74) is 0. The maximum Gasteiger partial charge on any atom is 0.252 e. The number of carbonyl (C=O) groups excluding carboxylic acids is 2. The Bertz CT molecular complexity index is 319. The summed E-state index contributed by atoms with van der Waals surface area (Å²) < 4.78 is 0. The van der Waals surface area contributed by atoms with Gasteiger partial charge in [0.25, 0.3) is 11.8 Å². The third-order valence-electron chi connectivity index (χ3n) is 2.43. The van der Waals surface area contributed by atoms with Gasteiger partial charge in [-0.25, -0.2) is 0 Å². The Kier molecular flexibility index (Phi) is 10.3. The smallest absolute Gasteiger partial charge is 0.252 e. The molecule has 0 aromatic rings. The number of hydrogen-bond donors (Lipinski definition) is 4. The maximum atomic E-state index is 11.5. The summed E-state index contributed by atoms with van der Waals surface area (Å²) in [6.07, 6.45) is 5.30. The molecule has 0 aliphatic carbocycles. The quantitative estimate of drug-likeness (QED) is 0.443. The molecule has 2 unspecified atom stereocenters. The van der Waals surface area contributed by atoms with E-state index in [1.807, 2.05) is 26.0 Å². The normalized spacial score (nSPS) is 14.4. The highest BCUT2D eigenvalue weighted by Gasteiger charge is 2.29. The fraction of sp³-hybridized carbons (Fsp3) is 0.571. The van der Waals surface area contributed by atoms with Crippen LogP contribution in [0.5, 0.6) is 0 Å². The lowest BCUT2D eigenvalue weighted by Gasteiger charge is -2.16. The van der Waals surface area contributed by atoms with Crippen LogP contribution in [-0.2, 0) is 9.59 Å². The first-order valence-electron chi connectivity index (χ1n) is 6.76. The van der Waals surface area contributed by atoms with Crippen LogP contribution in [0.2, 0.25) is 0 Å². The summed E-state index contributed by atoms with van der Waals surface area (Å²) in [6.45, 7) is 4.40. The van der Waals surface area contributed by atoms with Crippen molar-refractivity contribution in [3.63, 3.8) is 0 Å². The average Bonchev–Trinajstić information content (AvgIpc) is 2.46. The predicted molar refractivity (Wildman–Crippen MR) is 76.9 cm³/mol. The molecule has 0 rings (SSSR count). The fourth-order valence-electron chi connectivity index (χ4n) is 1.31. The average molecular weight is 284 g/mol. The number of allylic oxidation sites excluding steroid dienone is 2. The maximum absolute atomic E-state index is 11.5. The number of carbonyl (C=O) groups is 2. The SMILES string of the molecule is CC/C=C/CNC(=O)C(O)C(O)C(=O)NC/C=C/CC. The first-order valence-corrected chi connectivity index (χ1v) is 6.76. The van der Waals surface area contributed by atoms with Gasteiger partial charge in [-0.1, -0.05) is 38.2 Å². The molecule has 2 atom stereocenters. The number of aliphatic hydroxyl groups excluding tert-OH is 2. The van der Waals surface area contributed by atoms with Crippen LogP contribution in [0.1, 0.15) is 26.7 Å². The van der Waals surface area contributed by atoms with Crippen LogP contribution in [0.25, 0.3) is 0 Å². The Morgan fingerprint density at radius 2 is 1.20 bits per heavy atom. The van der Waals surface area contributed by atoms with E-state index in [2.05, 4.69) is 10.6 Å². The molecule has 0 bridgehead atoms. The minimum atomic E-state index is -1.78. The standard InChI is InChI=1S/C14H24N2O4/c1-3-5-7-9-15-13(19)11(17)12(18)14(20)16-10-8-6-4-2/h5-8,11-12,17-18H,3-4,9-10H2,1-2H3,(H,15,19)(H,16,20)/b7-5+,8-6+. The van der Waals surface area contributed by atoms with E-state index in [-0.39, 0.29) is 13.1 Å². The Balaban J connectivity index is 4.13. The highest BCUT2D eigenvalue weighted by atomic mass is 16.3. The third-order valence-corrected chi connectivity index (χ3v) is 2.43. The molecule has 0 spiro atoms. The Hall–Kier alpha value is -1.66. The van der Waals surface area contributed by atoms with E-state index in [0.717, 1.165) is 12.8 Å². The largest absolute Gasteiger partial charge is 0.380 e. The highest BCUT2D eigenvalue weighted by Crippen LogP contribution is 1.94. The molecular formula is C14H24N2O4. The molecule has 20 heavy (non-hydrogen) atoms. The van der Waals surface area contributed by atoms with Gasteiger partial charge in [-0.15, -0.1) is 0 Å². The summed E-state index contributed by atoms with van der Waals surface area (Å²) in [6, 6.07) is 0. The lowest BCUT2D eigenvalue weighted by Crippen LogP contribution is -2.49. The van der Waals surface area contributed by atoms with Gasteiger partial charge in [0.15, 0.2) is 12.2 Å². The van der Waals surface area contributed by atoms with E-state index in [9.17, 15) is 19.8 Å². The second-order valence-corrected chi connectivity index (χ2v) is 4.14. The molecule has 2 amide bonds. The zero-order valence-corrected chi connectivity index (χ0v) is 12.0. The molecular weight excluding hydrogens is 260 g/mol. The number of nitrogens with one attached hydrogen (secondary N) is 2. The van der Waals surface area contributed by atoms with Crippen molar-refractivity contribution in [2.45, 2.75) is 38.9 Å². The van der Waals surface area contributed by atoms with Crippen LogP contribution in [-0.4, -0.2) is 47.3 Å². The number of hydrogen-bond acceptors (Lipinski definition) is 4. The van der Waals surface area contributed by atoms with Crippen molar-refractivity contribution in [2.75, 3.05) is 13.1 Å². The van der Waals surface area contributed by atoms with Crippen LogP contribution in [0, 0.1) is 0 Å². The fourth-order valence-corrected chi connectivity index (χ4v) is 1.31. The molecule has 0 saturated heterocycles. The predicted octanol–water partition coefficient (Wildman–Crippen LogP) is -0.127. The van der Waals surface area contributed by atoms with E-state index in [0.29, 0.717) is 0 Å².